The summed E-state index contributed by atoms with van der Waals surface area (Å²) in [5.41, 5.74) is 0.348. The first-order chi connectivity index (χ1) is 45.4. The van der Waals surface area contributed by atoms with E-state index in [9.17, 15) is 38.4 Å². The van der Waals surface area contributed by atoms with Crippen LogP contribution in [0.3, 0.4) is 0 Å². The van der Waals surface area contributed by atoms with Gasteiger partial charge < -0.3 is 71.4 Å². The van der Waals surface area contributed by atoms with Crippen LogP contribution in [0, 0.1) is 0 Å². The van der Waals surface area contributed by atoms with Crippen molar-refractivity contribution < 1.29 is 110 Å². The fraction of sp³-hybridized carbons (Fsp3) is 0.286. The minimum atomic E-state index is -1.93. The Morgan fingerprint density at radius 1 is 0.290 bits per heavy atom. The number of hydrogen-bond acceptors (Lipinski definition) is 22. The molecule has 23 heteroatoms. The lowest BCUT2D eigenvalue weighted by Gasteiger charge is -2.46. The second kappa shape index (κ2) is 35.0. The average Bonchev–Trinajstić information content (AvgIpc) is 0.799. The lowest BCUT2D eigenvalue weighted by atomic mass is 9.96. The van der Waals surface area contributed by atoms with Gasteiger partial charge in [-0.15, -0.1) is 0 Å². The van der Waals surface area contributed by atoms with Crippen LogP contribution in [0.4, 0.5) is 0 Å². The van der Waals surface area contributed by atoms with Crippen LogP contribution in [0.25, 0.3) is 0 Å². The van der Waals surface area contributed by atoms with E-state index in [1.54, 1.807) is 127 Å². The van der Waals surface area contributed by atoms with Gasteiger partial charge in [0.1, 0.15) is 18.8 Å². The summed E-state index contributed by atoms with van der Waals surface area (Å²) in [6.45, 7) is -1.45. The van der Waals surface area contributed by atoms with Crippen molar-refractivity contribution in [2.75, 3.05) is 59.5 Å². The molecule has 0 amide bonds. The minimum Gasteiger partial charge on any atom is -0.481 e. The molecule has 9 rings (SSSR count). The molecule has 0 spiro atoms. The molecule has 2 heterocycles. The van der Waals surface area contributed by atoms with Crippen LogP contribution in [-0.4, -0.2) is 174 Å². The summed E-state index contributed by atoms with van der Waals surface area (Å²) in [5, 5.41) is 8.87. The molecular formula is C70H66O23. The summed E-state index contributed by atoms with van der Waals surface area (Å²) in [7, 11) is 0. The predicted molar refractivity (Wildman–Crippen MR) is 325 cm³/mol. The lowest BCUT2D eigenvalue weighted by Crippen LogP contribution is -2.65. The third kappa shape index (κ3) is 19.8. The molecule has 2 saturated heterocycles. The van der Waals surface area contributed by atoms with Crippen molar-refractivity contribution in [2.24, 2.45) is 0 Å². The first kappa shape index (κ1) is 67.4. The Hall–Kier alpha value is -9.98. The molecule has 2 aliphatic heterocycles. The Morgan fingerprint density at radius 2 is 0.548 bits per heavy atom. The van der Waals surface area contributed by atoms with Gasteiger partial charge in [-0.25, -0.2) is 33.6 Å². The van der Waals surface area contributed by atoms with Crippen molar-refractivity contribution in [3.8, 4) is 0 Å². The molecule has 0 aliphatic carbocycles. The Morgan fingerprint density at radius 3 is 0.871 bits per heavy atom. The largest absolute Gasteiger partial charge is 0.481 e. The van der Waals surface area contributed by atoms with Gasteiger partial charge in [-0.05, 0) is 84.9 Å². The molecule has 0 aromatic heterocycles. The summed E-state index contributed by atoms with van der Waals surface area (Å²) < 4.78 is 86.5. The third-order valence-corrected chi connectivity index (χ3v) is 14.2. The number of benzene rings is 7. The van der Waals surface area contributed by atoms with E-state index in [1.165, 1.54) is 84.9 Å². The van der Waals surface area contributed by atoms with Crippen molar-refractivity contribution in [3.05, 3.63) is 251 Å². The average molecular weight is 1280 g/mol. The SMILES string of the molecule is O=C(O)CCOCCOCCOCCO[C@H]1O[C@H](CO[C@H]2O[C@H](COC(=O)c3ccccc3)[C@@H](OC(=O)c3ccccc3)[C@H](OC(=O)c3ccccc3)[C@@H]2OC(=O)c2ccccc2)[C@@H](OC(=O)c2ccccc2)[C@H](OC(=O)c2ccccc2)[C@@H]1OC(=O)c1ccccc1. The zero-order valence-corrected chi connectivity index (χ0v) is 50.0. The van der Waals surface area contributed by atoms with Gasteiger partial charge in [-0.2, -0.15) is 0 Å². The summed E-state index contributed by atoms with van der Waals surface area (Å²) in [6.07, 6.45) is -18.0. The second-order valence-corrected chi connectivity index (χ2v) is 20.7. The highest BCUT2D eigenvalue weighted by Gasteiger charge is 2.57. The number of rotatable bonds is 31. The van der Waals surface area contributed by atoms with Crippen molar-refractivity contribution in [2.45, 2.75) is 67.8 Å². The summed E-state index contributed by atoms with van der Waals surface area (Å²) >= 11 is 0. The predicted octanol–water partition coefficient (Wildman–Crippen LogP) is 8.20. The van der Waals surface area contributed by atoms with Crippen LogP contribution < -0.4 is 0 Å². The molecule has 7 aromatic carbocycles. The highest BCUT2D eigenvalue weighted by molar-refractivity contribution is 5.93. The van der Waals surface area contributed by atoms with Crippen LogP contribution in [0.5, 0.6) is 0 Å². The highest BCUT2D eigenvalue weighted by Crippen LogP contribution is 2.35. The number of ether oxygens (including phenoxy) is 14. The molecular weight excluding hydrogens is 1210 g/mol. The summed E-state index contributed by atoms with van der Waals surface area (Å²) in [4.78, 5) is 111. The topological polar surface area (TPSA) is 286 Å². The Balaban J connectivity index is 1.10. The normalized spacial score (nSPS) is 20.8. The monoisotopic (exact) mass is 1270 g/mol. The molecule has 0 unspecified atom stereocenters. The molecule has 0 saturated carbocycles. The van der Waals surface area contributed by atoms with Crippen LogP contribution in [0.2, 0.25) is 0 Å². The molecule has 7 aromatic rings. The van der Waals surface area contributed by atoms with E-state index in [1.807, 2.05) is 0 Å². The van der Waals surface area contributed by atoms with Gasteiger partial charge in [-0.1, -0.05) is 127 Å². The second-order valence-electron chi connectivity index (χ2n) is 20.7. The molecule has 10 atom stereocenters. The van der Waals surface area contributed by atoms with E-state index in [2.05, 4.69) is 0 Å². The van der Waals surface area contributed by atoms with Crippen LogP contribution in [0.15, 0.2) is 212 Å². The van der Waals surface area contributed by atoms with E-state index >= 15 is 0 Å². The number of carboxylic acids is 1. The maximum Gasteiger partial charge on any atom is 0.338 e. The van der Waals surface area contributed by atoms with E-state index in [0.29, 0.717) is 0 Å². The molecule has 2 fully saturated rings. The summed E-state index contributed by atoms with van der Waals surface area (Å²) in [6, 6.07) is 54.5. The van der Waals surface area contributed by atoms with Gasteiger partial charge in [0, 0.05) is 0 Å². The number of hydrogen-bond donors (Lipinski definition) is 1. The number of aliphatic carboxylic acids is 1. The molecule has 23 nitrogen and oxygen atoms in total. The summed E-state index contributed by atoms with van der Waals surface area (Å²) in [5.74, 6) is -7.62. The first-order valence-corrected chi connectivity index (χ1v) is 29.7. The van der Waals surface area contributed by atoms with Gasteiger partial charge in [-0.3, -0.25) is 4.79 Å². The molecule has 0 bridgehead atoms. The van der Waals surface area contributed by atoms with E-state index in [0.717, 1.165) is 0 Å². The van der Waals surface area contributed by atoms with Crippen molar-refractivity contribution in [1.29, 1.82) is 0 Å². The molecule has 0 radical (unpaired) electrons. The Kier molecular flexibility index (Phi) is 25.4. The van der Waals surface area contributed by atoms with Crippen LogP contribution >= 0.6 is 0 Å². The van der Waals surface area contributed by atoms with E-state index < -0.39 is 122 Å². The molecule has 2 aliphatic rings. The minimum absolute atomic E-state index is 0.0138. The fourth-order valence-electron chi connectivity index (χ4n) is 9.62. The lowest BCUT2D eigenvalue weighted by molar-refractivity contribution is -0.328. The Bertz CT molecular complexity index is 3510. The number of carboxylic acid groups (broad SMARTS) is 1. The fourth-order valence-corrected chi connectivity index (χ4v) is 9.62. The van der Waals surface area contributed by atoms with Gasteiger partial charge in [0.05, 0.1) is 98.2 Å². The van der Waals surface area contributed by atoms with Gasteiger partial charge in [0.25, 0.3) is 0 Å². The van der Waals surface area contributed by atoms with Gasteiger partial charge in [0.2, 0.25) is 0 Å². The smallest absolute Gasteiger partial charge is 0.338 e. The standard InChI is InChI=1S/C70H66O23/c71-55(72)36-37-80-38-39-81-40-41-82-42-43-83-69-60(92-67(78)51-32-18-6-19-33-51)58(90-65(76)49-28-14-4-15-29-49)57(89-64(75)48-26-12-3-13-27-48)54(86-69)45-85-70-61(93-68(79)52-34-20-7-21-35-52)59(91-66(77)50-30-16-5-17-31-50)56(88-63(74)47-24-10-2-11-25-47)53(87-70)44-84-62(73)46-22-8-1-9-23-46/h1-35,53-54,56-61,69-70H,36-45H2,(H,71,72)/t53-,54-,56-,57-,58+,59+,60+,61+,69+,70+/m1/s1. The van der Waals surface area contributed by atoms with Crippen molar-refractivity contribution >= 4 is 47.8 Å². The maximum atomic E-state index is 14.5. The highest BCUT2D eigenvalue weighted by atomic mass is 16.8. The molecule has 1 N–H and O–H groups in total. The quantitative estimate of drug-likeness (QED) is 0.0243. The zero-order chi connectivity index (χ0) is 65.2. The van der Waals surface area contributed by atoms with Crippen LogP contribution in [0.1, 0.15) is 78.9 Å². The van der Waals surface area contributed by atoms with Crippen molar-refractivity contribution in [1.82, 2.24) is 0 Å². The first-order valence-electron chi connectivity index (χ1n) is 29.7. The van der Waals surface area contributed by atoms with E-state index in [-0.39, 0.29) is 91.6 Å². The molecule has 484 valence electrons. The third-order valence-electron chi connectivity index (χ3n) is 14.2. The molecule has 93 heavy (non-hydrogen) atoms. The van der Waals surface area contributed by atoms with Crippen molar-refractivity contribution in [3.63, 3.8) is 0 Å². The number of esters is 7. The Labute approximate surface area is 534 Å². The van der Waals surface area contributed by atoms with Crippen LogP contribution in [-0.2, 0) is 71.1 Å². The number of carbonyl (C=O) groups excluding carboxylic acids is 7. The maximum absolute atomic E-state index is 14.5. The van der Waals surface area contributed by atoms with Gasteiger partial charge in [0.15, 0.2) is 49.2 Å². The van der Waals surface area contributed by atoms with E-state index in [4.69, 9.17) is 71.4 Å². The van der Waals surface area contributed by atoms with Gasteiger partial charge >= 0.3 is 47.8 Å². The zero-order valence-electron chi connectivity index (χ0n) is 50.0. The number of carbonyl (C=O) groups is 8.